The van der Waals surface area contributed by atoms with Crippen molar-refractivity contribution in [3.63, 3.8) is 0 Å². The molecule has 1 N–H and O–H groups in total. The van der Waals surface area contributed by atoms with Gasteiger partial charge in [-0.2, -0.15) is 0 Å². The molecule has 9 heteroatoms. The van der Waals surface area contributed by atoms with Gasteiger partial charge in [-0.05, 0) is 60.7 Å². The Bertz CT molecular complexity index is 1510. The fourth-order valence-corrected chi connectivity index (χ4v) is 5.50. The third-order valence-electron chi connectivity index (χ3n) is 7.17. The Hall–Kier alpha value is -4.04. The Morgan fingerprint density at radius 3 is 2.61 bits per heavy atom. The molecule has 2 aromatic carbocycles. The van der Waals surface area contributed by atoms with Crippen LogP contribution in [0.2, 0.25) is 5.02 Å². The van der Waals surface area contributed by atoms with Crippen LogP contribution in [0.1, 0.15) is 35.6 Å². The summed E-state index contributed by atoms with van der Waals surface area (Å²) in [5.74, 6) is 0.0935. The number of aromatic amines is 1. The van der Waals surface area contributed by atoms with Crippen LogP contribution in [-0.4, -0.2) is 36.7 Å². The van der Waals surface area contributed by atoms with Gasteiger partial charge in [0.1, 0.15) is 5.75 Å². The Morgan fingerprint density at radius 2 is 1.84 bits per heavy atom. The second kappa shape index (κ2) is 10.8. The number of carbonyl (C=O) groups is 1. The smallest absolute Gasteiger partial charge is 0.311 e. The predicted octanol–water partition coefficient (Wildman–Crippen LogP) is 5.58. The van der Waals surface area contributed by atoms with E-state index in [1.807, 2.05) is 47.4 Å². The normalized spacial score (nSPS) is 16.9. The van der Waals surface area contributed by atoms with Crippen molar-refractivity contribution >= 4 is 28.5 Å². The van der Waals surface area contributed by atoms with Gasteiger partial charge in [0.05, 0.1) is 25.2 Å². The lowest BCUT2D eigenvalue weighted by Gasteiger charge is -2.31. The van der Waals surface area contributed by atoms with Crippen LogP contribution in [0.3, 0.4) is 0 Å². The summed E-state index contributed by atoms with van der Waals surface area (Å²) in [6, 6.07) is 14.0. The van der Waals surface area contributed by atoms with Crippen molar-refractivity contribution in [2.45, 2.75) is 38.5 Å². The molecule has 0 saturated carbocycles. The van der Waals surface area contributed by atoms with E-state index in [0.29, 0.717) is 18.1 Å². The highest BCUT2D eigenvalue weighted by molar-refractivity contribution is 6.31. The number of aryl methyl sites for hydroxylation is 2. The van der Waals surface area contributed by atoms with Crippen LogP contribution in [0, 0.1) is 5.92 Å². The van der Waals surface area contributed by atoms with Crippen molar-refractivity contribution in [2.24, 2.45) is 5.92 Å². The van der Waals surface area contributed by atoms with E-state index < -0.39 is 0 Å². The van der Waals surface area contributed by atoms with E-state index in [-0.39, 0.29) is 24.5 Å². The average molecular weight is 530 g/mol. The lowest BCUT2D eigenvalue weighted by atomic mass is 9.74. The summed E-state index contributed by atoms with van der Waals surface area (Å²) in [5, 5.41) is 1.81. The predicted molar refractivity (Wildman–Crippen MR) is 144 cm³/mol. The van der Waals surface area contributed by atoms with Gasteiger partial charge < -0.3 is 23.6 Å². The molecule has 5 aromatic rings. The van der Waals surface area contributed by atoms with Gasteiger partial charge in [0.2, 0.25) is 0 Å². The number of ether oxygens (including phenoxy) is 2. The van der Waals surface area contributed by atoms with Gasteiger partial charge in [0, 0.05) is 58.9 Å². The van der Waals surface area contributed by atoms with Crippen molar-refractivity contribution < 1.29 is 14.3 Å². The standard InChI is InChI=1S/C29H28ClN5O3/c30-21-4-9-26-25(16-21)23-7-8-24(29(36)38-19-35-14-11-32-18-35)27(28(23)33-26)20-2-5-22(6-3-20)37-15-1-12-34-13-10-31-17-34/h2-6,9-11,13-14,16-18,24,27,33H,1,7-8,12,15,19H2. The van der Waals surface area contributed by atoms with E-state index >= 15 is 0 Å². The van der Waals surface area contributed by atoms with Crippen molar-refractivity contribution in [1.82, 2.24) is 24.1 Å². The second-order valence-corrected chi connectivity index (χ2v) is 10.0. The van der Waals surface area contributed by atoms with E-state index in [1.54, 1.807) is 29.5 Å². The number of fused-ring (bicyclic) bond motifs is 3. The van der Waals surface area contributed by atoms with E-state index in [1.165, 1.54) is 5.56 Å². The van der Waals surface area contributed by atoms with Crippen LogP contribution < -0.4 is 4.74 Å². The molecule has 3 heterocycles. The summed E-state index contributed by atoms with van der Waals surface area (Å²) in [6.45, 7) is 1.61. The molecule has 0 radical (unpaired) electrons. The molecule has 0 fully saturated rings. The molecule has 1 aliphatic rings. The van der Waals surface area contributed by atoms with Gasteiger partial charge in [-0.15, -0.1) is 0 Å². The number of halogens is 1. The molecule has 2 unspecified atom stereocenters. The van der Waals surface area contributed by atoms with Crippen LogP contribution in [0.5, 0.6) is 5.75 Å². The zero-order valence-electron chi connectivity index (χ0n) is 20.8. The number of hydrogen-bond acceptors (Lipinski definition) is 5. The van der Waals surface area contributed by atoms with E-state index in [4.69, 9.17) is 21.1 Å². The second-order valence-electron chi connectivity index (χ2n) is 9.57. The molecule has 38 heavy (non-hydrogen) atoms. The van der Waals surface area contributed by atoms with Crippen molar-refractivity contribution in [1.29, 1.82) is 0 Å². The maximum absolute atomic E-state index is 13.4. The number of nitrogens with zero attached hydrogens (tertiary/aromatic N) is 4. The molecular weight excluding hydrogens is 502 g/mol. The SMILES string of the molecule is O=C(OCn1ccnc1)C1CCc2c([nH]c3ccc(Cl)cc23)C1c1ccc(OCCCn2ccnc2)cc1. The molecule has 6 rings (SSSR count). The maximum Gasteiger partial charge on any atom is 0.311 e. The van der Waals surface area contributed by atoms with Gasteiger partial charge in [0.25, 0.3) is 0 Å². The fourth-order valence-electron chi connectivity index (χ4n) is 5.33. The minimum Gasteiger partial charge on any atom is -0.494 e. The van der Waals surface area contributed by atoms with Crippen molar-refractivity contribution in [3.05, 3.63) is 102 Å². The molecule has 0 bridgehead atoms. The van der Waals surface area contributed by atoms with Gasteiger partial charge in [-0.1, -0.05) is 23.7 Å². The molecular formula is C29H28ClN5O3. The number of H-pyrrole nitrogens is 1. The van der Waals surface area contributed by atoms with Crippen molar-refractivity contribution in [3.8, 4) is 5.75 Å². The third-order valence-corrected chi connectivity index (χ3v) is 7.40. The van der Waals surface area contributed by atoms with Crippen molar-refractivity contribution in [2.75, 3.05) is 6.61 Å². The molecule has 8 nitrogen and oxygen atoms in total. The molecule has 1 aliphatic carbocycles. The van der Waals surface area contributed by atoms with Crippen LogP contribution in [0.4, 0.5) is 0 Å². The summed E-state index contributed by atoms with van der Waals surface area (Å²) < 4.78 is 15.5. The van der Waals surface area contributed by atoms with Crippen LogP contribution >= 0.6 is 11.6 Å². The fraction of sp³-hybridized carbons (Fsp3) is 0.276. The topological polar surface area (TPSA) is 87.0 Å². The van der Waals surface area contributed by atoms with Gasteiger partial charge in [-0.3, -0.25) is 4.79 Å². The lowest BCUT2D eigenvalue weighted by molar-refractivity contribution is -0.153. The Labute approximate surface area is 225 Å². The third kappa shape index (κ3) is 5.04. The summed E-state index contributed by atoms with van der Waals surface area (Å²) >= 11 is 6.33. The highest BCUT2D eigenvalue weighted by Gasteiger charge is 2.38. The number of hydrogen-bond donors (Lipinski definition) is 1. The zero-order valence-corrected chi connectivity index (χ0v) is 21.6. The van der Waals surface area contributed by atoms with Crippen LogP contribution in [0.15, 0.2) is 79.9 Å². The first-order chi connectivity index (χ1) is 18.7. The maximum atomic E-state index is 13.4. The van der Waals surface area contributed by atoms with E-state index in [2.05, 4.69) is 27.1 Å². The summed E-state index contributed by atoms with van der Waals surface area (Å²) in [7, 11) is 0. The first-order valence-corrected chi connectivity index (χ1v) is 13.1. The quantitative estimate of drug-likeness (QED) is 0.199. The van der Waals surface area contributed by atoms with Crippen LogP contribution in [0.25, 0.3) is 10.9 Å². The number of aromatic nitrogens is 5. The largest absolute Gasteiger partial charge is 0.494 e. The number of esters is 1. The van der Waals surface area contributed by atoms with E-state index in [9.17, 15) is 4.79 Å². The number of carbonyl (C=O) groups excluding carboxylic acids is 1. The lowest BCUT2D eigenvalue weighted by Crippen LogP contribution is -2.30. The Morgan fingerprint density at radius 1 is 1.05 bits per heavy atom. The molecule has 0 aliphatic heterocycles. The zero-order chi connectivity index (χ0) is 25.9. The highest BCUT2D eigenvalue weighted by atomic mass is 35.5. The number of nitrogens with one attached hydrogen (secondary N) is 1. The summed E-state index contributed by atoms with van der Waals surface area (Å²) in [6.07, 6.45) is 13.0. The monoisotopic (exact) mass is 529 g/mol. The minimum absolute atomic E-state index is 0.142. The van der Waals surface area contributed by atoms with E-state index in [0.717, 1.165) is 47.3 Å². The minimum atomic E-state index is -0.323. The highest BCUT2D eigenvalue weighted by Crippen LogP contribution is 2.44. The molecule has 0 amide bonds. The van der Waals surface area contributed by atoms with Gasteiger partial charge >= 0.3 is 5.97 Å². The summed E-state index contributed by atoms with van der Waals surface area (Å²) in [5.41, 5.74) is 4.33. The number of imidazole rings is 2. The Kier molecular flexibility index (Phi) is 6.88. The molecule has 0 saturated heterocycles. The first kappa shape index (κ1) is 24.3. The number of benzene rings is 2. The van der Waals surface area contributed by atoms with Gasteiger partial charge in [0.15, 0.2) is 6.73 Å². The van der Waals surface area contributed by atoms with Crippen LogP contribution in [-0.2, 0) is 29.2 Å². The molecule has 3 aromatic heterocycles. The Balaban J connectivity index is 1.24. The van der Waals surface area contributed by atoms with Gasteiger partial charge in [-0.25, -0.2) is 9.97 Å². The molecule has 2 atom stereocenters. The molecule has 194 valence electrons. The summed E-state index contributed by atoms with van der Waals surface area (Å²) in [4.78, 5) is 25.1. The first-order valence-electron chi connectivity index (χ1n) is 12.8. The molecule has 0 spiro atoms. The average Bonchev–Trinajstić information content (AvgIpc) is 3.71. The number of rotatable bonds is 9.